The molecule has 1 saturated heterocycles. The molecule has 2 N–H and O–H groups in total. The molecule has 146 valence electrons. The molecular weight excluding hydrogens is 342 g/mol. The highest BCUT2D eigenvalue weighted by atomic mass is 16.2. The van der Waals surface area contributed by atoms with Crippen LogP contribution in [0.2, 0.25) is 0 Å². The maximum Gasteiger partial charge on any atom is 0.227 e. The second-order valence-corrected chi connectivity index (χ2v) is 8.22. The zero-order valence-electron chi connectivity index (χ0n) is 16.5. The Morgan fingerprint density at radius 1 is 1.22 bits per heavy atom. The highest BCUT2D eigenvalue weighted by Gasteiger charge is 2.40. The third-order valence-electron chi connectivity index (χ3n) is 6.13. The van der Waals surface area contributed by atoms with E-state index in [9.17, 15) is 4.79 Å². The van der Waals surface area contributed by atoms with Crippen LogP contribution in [-0.2, 0) is 11.8 Å². The van der Waals surface area contributed by atoms with E-state index in [0.717, 1.165) is 61.4 Å². The molecule has 0 aromatic carbocycles. The Bertz CT molecular complexity index is 851. The van der Waals surface area contributed by atoms with Crippen LogP contribution < -0.4 is 10.6 Å². The van der Waals surface area contributed by atoms with Crippen molar-refractivity contribution < 1.29 is 4.79 Å². The van der Waals surface area contributed by atoms with Gasteiger partial charge in [-0.1, -0.05) is 12.8 Å². The lowest BCUT2D eigenvalue weighted by molar-refractivity contribution is -0.139. The molecule has 8 heteroatoms. The summed E-state index contributed by atoms with van der Waals surface area (Å²) < 4.78 is 1.78. The van der Waals surface area contributed by atoms with E-state index in [0.29, 0.717) is 13.1 Å². The van der Waals surface area contributed by atoms with Crippen LogP contribution in [0.25, 0.3) is 11.0 Å². The Labute approximate surface area is 159 Å². The van der Waals surface area contributed by atoms with Crippen molar-refractivity contribution in [1.29, 1.82) is 0 Å². The fraction of sp³-hybridized carbons (Fsp3) is 0.684. The lowest BCUT2D eigenvalue weighted by atomic mass is 9.74. The minimum Gasteiger partial charge on any atom is -0.352 e. The number of hydrogen-bond donors (Lipinski definition) is 1. The van der Waals surface area contributed by atoms with E-state index in [4.69, 9.17) is 5.73 Å². The standard InChI is InChI=1S/C19H29N7O/c1-13-22-16-14(12-21-24(16)3)17(23-13)25-8-10-26(11-9-25)18(27)15-6-4-5-7-19(15,2)20/h12,15H,4-11,20H2,1-3H3. The van der Waals surface area contributed by atoms with E-state index in [1.807, 2.05) is 32.0 Å². The molecule has 8 nitrogen and oxygen atoms in total. The summed E-state index contributed by atoms with van der Waals surface area (Å²) in [5.41, 5.74) is 6.91. The number of anilines is 1. The number of amides is 1. The second kappa shape index (κ2) is 6.74. The first kappa shape index (κ1) is 18.2. The van der Waals surface area contributed by atoms with Crippen LogP contribution in [0, 0.1) is 12.8 Å². The number of carbonyl (C=O) groups is 1. The highest BCUT2D eigenvalue weighted by molar-refractivity contribution is 5.87. The Morgan fingerprint density at radius 2 is 1.96 bits per heavy atom. The van der Waals surface area contributed by atoms with Crippen LogP contribution in [0.5, 0.6) is 0 Å². The van der Waals surface area contributed by atoms with E-state index in [-0.39, 0.29) is 17.4 Å². The Balaban J connectivity index is 1.49. The number of aryl methyl sites for hydroxylation is 2. The smallest absolute Gasteiger partial charge is 0.227 e. The molecule has 4 rings (SSSR count). The molecule has 2 aliphatic rings. The number of fused-ring (bicyclic) bond motifs is 1. The third kappa shape index (κ3) is 3.26. The molecule has 1 amide bonds. The van der Waals surface area contributed by atoms with E-state index >= 15 is 0 Å². The first-order chi connectivity index (χ1) is 12.9. The van der Waals surface area contributed by atoms with Gasteiger partial charge in [-0.25, -0.2) is 9.97 Å². The van der Waals surface area contributed by atoms with Crippen molar-refractivity contribution in [2.24, 2.45) is 18.7 Å². The van der Waals surface area contributed by atoms with Gasteiger partial charge in [0.15, 0.2) is 5.65 Å². The zero-order valence-corrected chi connectivity index (χ0v) is 16.5. The lowest BCUT2D eigenvalue weighted by Crippen LogP contribution is -2.57. The van der Waals surface area contributed by atoms with E-state index < -0.39 is 0 Å². The topological polar surface area (TPSA) is 93.2 Å². The summed E-state index contributed by atoms with van der Waals surface area (Å²) in [6.45, 7) is 6.88. The summed E-state index contributed by atoms with van der Waals surface area (Å²) in [6, 6.07) is 0. The average molecular weight is 371 g/mol. The first-order valence-corrected chi connectivity index (χ1v) is 9.86. The summed E-state index contributed by atoms with van der Waals surface area (Å²) in [7, 11) is 1.89. The molecule has 0 radical (unpaired) electrons. The van der Waals surface area contributed by atoms with Crippen molar-refractivity contribution in [3.63, 3.8) is 0 Å². The maximum absolute atomic E-state index is 13.1. The van der Waals surface area contributed by atoms with Crippen molar-refractivity contribution in [2.45, 2.75) is 45.1 Å². The van der Waals surface area contributed by atoms with Gasteiger partial charge >= 0.3 is 0 Å². The summed E-state index contributed by atoms with van der Waals surface area (Å²) in [6.07, 6.45) is 5.89. The molecule has 3 heterocycles. The monoisotopic (exact) mass is 371 g/mol. The largest absolute Gasteiger partial charge is 0.352 e. The van der Waals surface area contributed by atoms with Crippen LogP contribution in [0.1, 0.15) is 38.4 Å². The third-order valence-corrected chi connectivity index (χ3v) is 6.13. The van der Waals surface area contributed by atoms with Crippen LogP contribution in [0.3, 0.4) is 0 Å². The van der Waals surface area contributed by atoms with Crippen molar-refractivity contribution >= 4 is 22.8 Å². The number of carbonyl (C=O) groups excluding carboxylic acids is 1. The van der Waals surface area contributed by atoms with Crippen molar-refractivity contribution in [2.75, 3.05) is 31.1 Å². The molecule has 27 heavy (non-hydrogen) atoms. The van der Waals surface area contributed by atoms with Gasteiger partial charge in [0.25, 0.3) is 0 Å². The fourth-order valence-corrected chi connectivity index (χ4v) is 4.48. The second-order valence-electron chi connectivity index (χ2n) is 8.22. The molecular formula is C19H29N7O. The van der Waals surface area contributed by atoms with Crippen LogP contribution in [0.15, 0.2) is 6.20 Å². The van der Waals surface area contributed by atoms with Crippen molar-refractivity contribution in [3.8, 4) is 0 Å². The number of aromatic nitrogens is 4. The molecule has 0 spiro atoms. The minimum absolute atomic E-state index is 0.0517. The molecule has 2 unspecified atom stereocenters. The predicted molar refractivity (Wildman–Crippen MR) is 104 cm³/mol. The maximum atomic E-state index is 13.1. The van der Waals surface area contributed by atoms with Gasteiger partial charge in [0.2, 0.25) is 5.91 Å². The van der Waals surface area contributed by atoms with Gasteiger partial charge in [-0.15, -0.1) is 0 Å². The normalized spacial score (nSPS) is 26.6. The van der Waals surface area contributed by atoms with Crippen LogP contribution in [-0.4, -0.2) is 62.3 Å². The molecule has 2 aromatic rings. The van der Waals surface area contributed by atoms with Gasteiger partial charge in [-0.05, 0) is 26.7 Å². The molecule has 0 bridgehead atoms. The Kier molecular flexibility index (Phi) is 4.53. The molecule has 2 aromatic heterocycles. The molecule has 1 aliphatic carbocycles. The molecule has 2 atom stereocenters. The van der Waals surface area contributed by atoms with Crippen molar-refractivity contribution in [1.82, 2.24) is 24.6 Å². The SMILES string of the molecule is Cc1nc(N2CCN(C(=O)C3CCCCC3(C)N)CC2)c2cnn(C)c2n1. The average Bonchev–Trinajstić information content (AvgIpc) is 3.01. The van der Waals surface area contributed by atoms with Gasteiger partial charge in [0.1, 0.15) is 11.6 Å². The first-order valence-electron chi connectivity index (χ1n) is 9.86. The molecule has 1 aliphatic heterocycles. The fourth-order valence-electron chi connectivity index (χ4n) is 4.48. The van der Waals surface area contributed by atoms with Crippen LogP contribution in [0.4, 0.5) is 5.82 Å². The quantitative estimate of drug-likeness (QED) is 0.853. The number of piperazine rings is 1. The van der Waals surface area contributed by atoms with Gasteiger partial charge in [-0.3, -0.25) is 9.48 Å². The van der Waals surface area contributed by atoms with E-state index in [1.165, 1.54) is 0 Å². The number of hydrogen-bond acceptors (Lipinski definition) is 6. The van der Waals surface area contributed by atoms with Gasteiger partial charge in [-0.2, -0.15) is 5.10 Å². The van der Waals surface area contributed by atoms with Crippen molar-refractivity contribution in [3.05, 3.63) is 12.0 Å². The van der Waals surface area contributed by atoms with E-state index in [2.05, 4.69) is 20.0 Å². The van der Waals surface area contributed by atoms with Crippen LogP contribution >= 0.6 is 0 Å². The van der Waals surface area contributed by atoms with Gasteiger partial charge < -0.3 is 15.5 Å². The highest BCUT2D eigenvalue weighted by Crippen LogP contribution is 2.33. The van der Waals surface area contributed by atoms with E-state index in [1.54, 1.807) is 4.68 Å². The number of nitrogens with zero attached hydrogens (tertiary/aromatic N) is 6. The summed E-state index contributed by atoms with van der Waals surface area (Å²) in [4.78, 5) is 26.5. The predicted octanol–water partition coefficient (Wildman–Crippen LogP) is 1.23. The number of rotatable bonds is 2. The summed E-state index contributed by atoms with van der Waals surface area (Å²) in [5.74, 6) is 1.83. The zero-order chi connectivity index (χ0) is 19.2. The Hall–Kier alpha value is -2.22. The summed E-state index contributed by atoms with van der Waals surface area (Å²) in [5, 5.41) is 5.28. The number of nitrogens with two attached hydrogens (primary N) is 1. The molecule has 1 saturated carbocycles. The van der Waals surface area contributed by atoms with Gasteiger partial charge in [0, 0.05) is 38.8 Å². The Morgan fingerprint density at radius 3 is 2.67 bits per heavy atom. The van der Waals surface area contributed by atoms with Gasteiger partial charge in [0.05, 0.1) is 17.5 Å². The molecule has 2 fully saturated rings. The summed E-state index contributed by atoms with van der Waals surface area (Å²) >= 11 is 0. The minimum atomic E-state index is -0.377. The lowest BCUT2D eigenvalue weighted by Gasteiger charge is -2.42.